The third-order valence-corrected chi connectivity index (χ3v) is 9.85. The predicted molar refractivity (Wildman–Crippen MR) is 194 cm³/mol. The van der Waals surface area contributed by atoms with Gasteiger partial charge in [-0.2, -0.15) is 11.8 Å². The van der Waals surface area contributed by atoms with Gasteiger partial charge in [0.15, 0.2) is 0 Å². The number of aliphatic hydroxyl groups is 1. The minimum absolute atomic E-state index is 0.0899. The molecule has 3 N–H and O–H groups in total. The van der Waals surface area contributed by atoms with E-state index in [1.54, 1.807) is 0 Å². The summed E-state index contributed by atoms with van der Waals surface area (Å²) in [5.74, 6) is -1.21. The third kappa shape index (κ3) is 32.7. The Hall–Kier alpha value is -1.28. The third-order valence-electron chi connectivity index (χ3n) is 8.66. The Morgan fingerprint density at radius 2 is 0.935 bits per heavy atom. The summed E-state index contributed by atoms with van der Waals surface area (Å²) < 4.78 is 5.20. The Morgan fingerprint density at radius 3 is 1.33 bits per heavy atom. The molecule has 2 atom stereocenters. The first kappa shape index (κ1) is 44.7. The largest absolute Gasteiger partial charge is 0.480 e. The van der Waals surface area contributed by atoms with Crippen molar-refractivity contribution in [3.8, 4) is 0 Å². The van der Waals surface area contributed by atoms with Crippen molar-refractivity contribution in [2.45, 2.75) is 206 Å². The minimum atomic E-state index is -1.08. The van der Waals surface area contributed by atoms with Crippen LogP contribution >= 0.6 is 11.8 Å². The molecule has 0 saturated carbocycles. The number of unbranched alkanes of at least 4 members (excludes halogenated alkanes) is 24. The average molecular weight is 672 g/mol. The zero-order valence-corrected chi connectivity index (χ0v) is 30.8. The van der Waals surface area contributed by atoms with Crippen LogP contribution in [0, 0.1) is 0 Å². The molecule has 1 unspecified atom stereocenters. The second kappa shape index (κ2) is 35.0. The van der Waals surface area contributed by atoms with Crippen LogP contribution in [0.2, 0.25) is 0 Å². The number of amides is 1. The highest BCUT2D eigenvalue weighted by Crippen LogP contribution is 2.15. The first-order valence-corrected chi connectivity index (χ1v) is 20.5. The number of carboxylic acids is 1. The molecule has 0 fully saturated rings. The molecule has 0 bridgehead atoms. The molecule has 0 aliphatic carbocycles. The molecule has 0 radical (unpaired) electrons. The number of ether oxygens (including phenoxy) is 1. The smallest absolute Gasteiger partial charge is 0.327 e. The molecule has 0 aromatic heterocycles. The molecule has 0 rings (SSSR count). The number of carbonyl (C=O) groups excluding carboxylic acids is 2. The van der Waals surface area contributed by atoms with Crippen molar-refractivity contribution >= 4 is 29.6 Å². The Labute approximate surface area is 287 Å². The fourth-order valence-corrected chi connectivity index (χ4v) is 6.63. The fraction of sp³-hybridized carbons (Fsp3) is 0.921. The lowest BCUT2D eigenvalue weighted by molar-refractivity contribution is -0.146. The Kier molecular flexibility index (Phi) is 34.1. The highest BCUT2D eigenvalue weighted by atomic mass is 32.2. The number of rotatable bonds is 36. The maximum absolute atomic E-state index is 12.3. The average Bonchev–Trinajstić information content (AvgIpc) is 3.03. The summed E-state index contributed by atoms with van der Waals surface area (Å²) in [7, 11) is 0. The van der Waals surface area contributed by atoms with Gasteiger partial charge in [0, 0.05) is 24.3 Å². The fourth-order valence-electron chi connectivity index (χ4n) is 5.66. The minimum Gasteiger partial charge on any atom is -0.480 e. The van der Waals surface area contributed by atoms with E-state index in [9.17, 15) is 24.6 Å². The van der Waals surface area contributed by atoms with Crippen molar-refractivity contribution in [3.63, 3.8) is 0 Å². The summed E-state index contributed by atoms with van der Waals surface area (Å²) in [5.41, 5.74) is 0. The van der Waals surface area contributed by atoms with Gasteiger partial charge in [0.2, 0.25) is 5.91 Å². The molecule has 0 aliphatic rings. The van der Waals surface area contributed by atoms with Crippen LogP contribution in [-0.4, -0.2) is 58.3 Å². The SMILES string of the molecule is CCCCCCCCCCCCCCCC(=O)NC(CSC[C@H](O)COC(=O)CCCCCCCCCCCCCCC)C(=O)O. The Balaban J connectivity index is 3.71. The van der Waals surface area contributed by atoms with Crippen molar-refractivity contribution in [2.75, 3.05) is 18.1 Å². The molecule has 46 heavy (non-hydrogen) atoms. The molecule has 0 aromatic carbocycles. The summed E-state index contributed by atoms with van der Waals surface area (Å²) in [6.45, 7) is 4.41. The standard InChI is InChI=1S/C38H73NO6S/c1-3-5-7-9-11-13-15-17-19-21-23-25-27-29-36(41)39-35(38(43)44)33-46-32-34(40)31-45-37(42)30-28-26-24-22-20-18-16-14-12-10-8-6-4-2/h34-35,40H,3-33H2,1-2H3,(H,39,41)(H,43,44)/t34-,35?/m1/s1. The first-order chi connectivity index (χ1) is 22.4. The van der Waals surface area contributed by atoms with Gasteiger partial charge in [-0.15, -0.1) is 0 Å². The molecule has 1 amide bonds. The lowest BCUT2D eigenvalue weighted by Gasteiger charge is -2.16. The number of esters is 1. The van der Waals surface area contributed by atoms with Crippen LogP contribution in [0.25, 0.3) is 0 Å². The molecule has 0 spiro atoms. The van der Waals surface area contributed by atoms with Crippen molar-refractivity contribution in [2.24, 2.45) is 0 Å². The Morgan fingerprint density at radius 1 is 0.565 bits per heavy atom. The van der Waals surface area contributed by atoms with Crippen molar-refractivity contribution in [1.29, 1.82) is 0 Å². The van der Waals surface area contributed by atoms with Crippen molar-refractivity contribution in [3.05, 3.63) is 0 Å². The summed E-state index contributed by atoms with van der Waals surface area (Å²) in [4.78, 5) is 35.9. The van der Waals surface area contributed by atoms with E-state index in [4.69, 9.17) is 4.74 Å². The van der Waals surface area contributed by atoms with Crippen LogP contribution < -0.4 is 5.32 Å². The van der Waals surface area contributed by atoms with Crippen LogP contribution in [0.1, 0.15) is 194 Å². The van der Waals surface area contributed by atoms with E-state index in [0.29, 0.717) is 12.8 Å². The molecule has 0 heterocycles. The first-order valence-electron chi connectivity index (χ1n) is 19.3. The van der Waals surface area contributed by atoms with E-state index in [2.05, 4.69) is 19.2 Å². The van der Waals surface area contributed by atoms with Gasteiger partial charge < -0.3 is 20.3 Å². The number of hydrogen-bond donors (Lipinski definition) is 3. The van der Waals surface area contributed by atoms with Gasteiger partial charge in [-0.3, -0.25) is 9.59 Å². The monoisotopic (exact) mass is 672 g/mol. The van der Waals surface area contributed by atoms with E-state index >= 15 is 0 Å². The molecule has 272 valence electrons. The highest BCUT2D eigenvalue weighted by Gasteiger charge is 2.20. The number of carboxylic acid groups (broad SMARTS) is 1. The zero-order chi connectivity index (χ0) is 33.9. The van der Waals surface area contributed by atoms with E-state index < -0.39 is 18.1 Å². The van der Waals surface area contributed by atoms with Crippen LogP contribution in [-0.2, 0) is 19.1 Å². The van der Waals surface area contributed by atoms with Gasteiger partial charge >= 0.3 is 11.9 Å². The summed E-state index contributed by atoms with van der Waals surface area (Å²) in [6.07, 6.45) is 32.2. The quantitative estimate of drug-likeness (QED) is 0.0449. The summed E-state index contributed by atoms with van der Waals surface area (Å²) in [5, 5.41) is 22.3. The number of aliphatic carboxylic acids is 1. The van der Waals surface area contributed by atoms with Crippen molar-refractivity contribution < 1.29 is 29.3 Å². The van der Waals surface area contributed by atoms with Gasteiger partial charge in [-0.1, -0.05) is 168 Å². The predicted octanol–water partition coefficient (Wildman–Crippen LogP) is 10.2. The molecule has 0 saturated heterocycles. The highest BCUT2D eigenvalue weighted by molar-refractivity contribution is 7.99. The second-order valence-corrected chi connectivity index (χ2v) is 14.4. The van der Waals surface area contributed by atoms with Crippen LogP contribution in [0.4, 0.5) is 0 Å². The van der Waals surface area contributed by atoms with Gasteiger partial charge in [0.25, 0.3) is 0 Å². The van der Waals surface area contributed by atoms with E-state index in [-0.39, 0.29) is 30.0 Å². The van der Waals surface area contributed by atoms with Crippen LogP contribution in [0.5, 0.6) is 0 Å². The van der Waals surface area contributed by atoms with Crippen LogP contribution in [0.15, 0.2) is 0 Å². The molecule has 7 nitrogen and oxygen atoms in total. The second-order valence-electron chi connectivity index (χ2n) is 13.3. The lowest BCUT2D eigenvalue weighted by atomic mass is 10.0. The van der Waals surface area contributed by atoms with E-state index in [1.165, 1.54) is 140 Å². The number of aliphatic hydroxyl groups excluding tert-OH is 1. The molecule has 0 aromatic rings. The maximum Gasteiger partial charge on any atom is 0.327 e. The van der Waals surface area contributed by atoms with Gasteiger partial charge in [-0.05, 0) is 12.8 Å². The van der Waals surface area contributed by atoms with Gasteiger partial charge in [0.1, 0.15) is 12.6 Å². The maximum atomic E-state index is 12.3. The number of hydrogen-bond acceptors (Lipinski definition) is 6. The molecular weight excluding hydrogens is 598 g/mol. The number of nitrogens with one attached hydrogen (secondary N) is 1. The molecule has 8 heteroatoms. The topological polar surface area (TPSA) is 113 Å². The summed E-state index contributed by atoms with van der Waals surface area (Å²) >= 11 is 1.24. The normalized spacial score (nSPS) is 12.6. The lowest BCUT2D eigenvalue weighted by Crippen LogP contribution is -2.42. The van der Waals surface area contributed by atoms with Crippen LogP contribution in [0.3, 0.4) is 0 Å². The van der Waals surface area contributed by atoms with Gasteiger partial charge in [0.05, 0.1) is 6.10 Å². The van der Waals surface area contributed by atoms with Gasteiger partial charge in [-0.25, -0.2) is 4.79 Å². The number of carbonyl (C=O) groups is 3. The Bertz CT molecular complexity index is 707. The van der Waals surface area contributed by atoms with E-state index in [1.807, 2.05) is 0 Å². The summed E-state index contributed by atoms with van der Waals surface area (Å²) in [6, 6.07) is -0.996. The zero-order valence-electron chi connectivity index (χ0n) is 30.0. The number of thioether (sulfide) groups is 1. The van der Waals surface area contributed by atoms with Crippen molar-refractivity contribution in [1.82, 2.24) is 5.32 Å². The molecular formula is C38H73NO6S. The van der Waals surface area contributed by atoms with E-state index in [0.717, 1.165) is 38.5 Å². The molecule has 0 aliphatic heterocycles.